The van der Waals surface area contributed by atoms with Crippen LogP contribution in [0, 0.1) is 29.9 Å². The molecule has 3 heteroatoms. The maximum absolute atomic E-state index is 13.7. The van der Waals surface area contributed by atoms with Crippen molar-refractivity contribution in [1.29, 1.82) is 0 Å². The first-order valence-corrected chi connectivity index (χ1v) is 7.36. The molecule has 1 N–H and O–H groups in total. The first kappa shape index (κ1) is 17.1. The van der Waals surface area contributed by atoms with E-state index in [0.717, 1.165) is 25.6 Å². The third-order valence-electron chi connectivity index (χ3n) is 3.55. The fourth-order valence-electron chi connectivity index (χ4n) is 2.17. The zero-order chi connectivity index (χ0) is 15.3. The summed E-state index contributed by atoms with van der Waals surface area (Å²) < 4.78 is 26.9. The van der Waals surface area contributed by atoms with Crippen LogP contribution in [0.25, 0.3) is 0 Å². The van der Waals surface area contributed by atoms with Crippen LogP contribution in [0.15, 0.2) is 12.1 Å². The molecule has 0 aliphatic carbocycles. The minimum atomic E-state index is -0.468. The Balaban J connectivity index is 2.55. The second kappa shape index (κ2) is 7.16. The van der Waals surface area contributed by atoms with Crippen molar-refractivity contribution in [3.05, 3.63) is 34.9 Å². The molecule has 0 radical (unpaired) electrons. The standard InChI is InChI=1S/C17H27F2N/c1-12(2)10-20-11-17(4,5)7-6-14-8-13(3)15(18)9-16(14)19/h8-9,12,20H,6-7,10-11H2,1-5H3. The van der Waals surface area contributed by atoms with Gasteiger partial charge in [0.2, 0.25) is 0 Å². The topological polar surface area (TPSA) is 12.0 Å². The molecule has 0 saturated carbocycles. The summed E-state index contributed by atoms with van der Waals surface area (Å²) in [5.41, 5.74) is 1.22. The molecule has 0 amide bonds. The molecule has 1 aromatic rings. The molecular weight excluding hydrogens is 256 g/mol. The predicted octanol–water partition coefficient (Wildman–Crippen LogP) is 4.48. The lowest BCUT2D eigenvalue weighted by atomic mass is 9.85. The highest BCUT2D eigenvalue weighted by atomic mass is 19.1. The quantitative estimate of drug-likeness (QED) is 0.778. The van der Waals surface area contributed by atoms with Crippen LogP contribution in [0.5, 0.6) is 0 Å². The van der Waals surface area contributed by atoms with Crippen LogP contribution in [0.3, 0.4) is 0 Å². The Kier molecular flexibility index (Phi) is 6.12. The van der Waals surface area contributed by atoms with Gasteiger partial charge >= 0.3 is 0 Å². The highest BCUT2D eigenvalue weighted by Crippen LogP contribution is 2.24. The number of nitrogens with one attached hydrogen (secondary N) is 1. The van der Waals surface area contributed by atoms with Gasteiger partial charge in [0.1, 0.15) is 11.6 Å². The number of aryl methyl sites for hydroxylation is 2. The molecule has 114 valence electrons. The molecule has 0 heterocycles. The third kappa shape index (κ3) is 5.58. The lowest BCUT2D eigenvalue weighted by molar-refractivity contribution is 0.307. The molecular formula is C17H27F2N. The lowest BCUT2D eigenvalue weighted by Crippen LogP contribution is -2.32. The van der Waals surface area contributed by atoms with E-state index in [2.05, 4.69) is 33.0 Å². The van der Waals surface area contributed by atoms with E-state index in [1.807, 2.05) is 0 Å². The van der Waals surface area contributed by atoms with Crippen molar-refractivity contribution in [1.82, 2.24) is 5.32 Å². The molecule has 1 nitrogen and oxygen atoms in total. The number of hydrogen-bond acceptors (Lipinski definition) is 1. The zero-order valence-corrected chi connectivity index (χ0v) is 13.3. The summed E-state index contributed by atoms with van der Waals surface area (Å²) in [6, 6.07) is 2.62. The van der Waals surface area contributed by atoms with Gasteiger partial charge in [-0.25, -0.2) is 8.78 Å². The Labute approximate surface area is 121 Å². The Morgan fingerprint density at radius 3 is 2.40 bits per heavy atom. The summed E-state index contributed by atoms with van der Waals surface area (Å²) in [4.78, 5) is 0. The summed E-state index contributed by atoms with van der Waals surface area (Å²) in [5.74, 6) is -0.272. The van der Waals surface area contributed by atoms with Gasteiger partial charge in [0.05, 0.1) is 0 Å². The van der Waals surface area contributed by atoms with Crippen LogP contribution in [0.2, 0.25) is 0 Å². The molecule has 0 aliphatic heterocycles. The van der Waals surface area contributed by atoms with Gasteiger partial charge in [0.15, 0.2) is 0 Å². The van der Waals surface area contributed by atoms with Gasteiger partial charge in [-0.2, -0.15) is 0 Å². The highest BCUT2D eigenvalue weighted by molar-refractivity contribution is 5.25. The SMILES string of the molecule is Cc1cc(CCC(C)(C)CNCC(C)C)c(F)cc1F. The molecule has 1 rings (SSSR count). The predicted molar refractivity (Wildman–Crippen MR) is 80.9 cm³/mol. The van der Waals surface area contributed by atoms with Crippen molar-refractivity contribution in [2.24, 2.45) is 11.3 Å². The van der Waals surface area contributed by atoms with Crippen molar-refractivity contribution in [2.75, 3.05) is 13.1 Å². The summed E-state index contributed by atoms with van der Waals surface area (Å²) in [5, 5.41) is 3.44. The molecule has 0 atom stereocenters. The molecule has 0 fully saturated rings. The Bertz CT molecular complexity index is 439. The van der Waals surface area contributed by atoms with Gasteiger partial charge in [0, 0.05) is 12.6 Å². The van der Waals surface area contributed by atoms with Crippen LogP contribution in [0.1, 0.15) is 45.2 Å². The maximum Gasteiger partial charge on any atom is 0.129 e. The van der Waals surface area contributed by atoms with Crippen LogP contribution < -0.4 is 5.32 Å². The van der Waals surface area contributed by atoms with Gasteiger partial charge in [-0.3, -0.25) is 0 Å². The summed E-state index contributed by atoms with van der Waals surface area (Å²) in [6.45, 7) is 12.3. The Morgan fingerprint density at radius 1 is 1.15 bits per heavy atom. The first-order valence-electron chi connectivity index (χ1n) is 7.36. The molecule has 0 aromatic heterocycles. The minimum Gasteiger partial charge on any atom is -0.316 e. The normalized spacial score (nSPS) is 12.2. The maximum atomic E-state index is 13.7. The number of benzene rings is 1. The van der Waals surface area contributed by atoms with E-state index >= 15 is 0 Å². The largest absolute Gasteiger partial charge is 0.316 e. The minimum absolute atomic E-state index is 0.101. The molecule has 1 aromatic carbocycles. The van der Waals surface area contributed by atoms with Crippen molar-refractivity contribution < 1.29 is 8.78 Å². The van der Waals surface area contributed by atoms with Gasteiger partial charge in [-0.1, -0.05) is 33.8 Å². The summed E-state index contributed by atoms with van der Waals surface area (Å²) in [7, 11) is 0. The average molecular weight is 283 g/mol. The van der Waals surface area contributed by atoms with Gasteiger partial charge in [-0.05, 0) is 48.8 Å². The van der Waals surface area contributed by atoms with Crippen LogP contribution >= 0.6 is 0 Å². The monoisotopic (exact) mass is 283 g/mol. The Hall–Kier alpha value is -0.960. The van der Waals surface area contributed by atoms with Crippen molar-refractivity contribution in [3.63, 3.8) is 0 Å². The average Bonchev–Trinajstić information content (AvgIpc) is 2.31. The number of halogens is 2. The van der Waals surface area contributed by atoms with Crippen molar-refractivity contribution >= 4 is 0 Å². The second-order valence-electron chi connectivity index (χ2n) is 6.88. The molecule has 0 spiro atoms. The van der Waals surface area contributed by atoms with Crippen molar-refractivity contribution in [2.45, 2.75) is 47.5 Å². The van der Waals surface area contributed by atoms with Gasteiger partial charge in [0.25, 0.3) is 0 Å². The molecule has 0 bridgehead atoms. The number of rotatable bonds is 7. The Morgan fingerprint density at radius 2 is 1.80 bits per heavy atom. The fraction of sp³-hybridized carbons (Fsp3) is 0.647. The van der Waals surface area contributed by atoms with Crippen LogP contribution in [0.4, 0.5) is 8.78 Å². The van der Waals surface area contributed by atoms with E-state index in [0.29, 0.717) is 23.5 Å². The first-order chi connectivity index (χ1) is 9.21. The van der Waals surface area contributed by atoms with E-state index in [1.165, 1.54) is 0 Å². The fourth-order valence-corrected chi connectivity index (χ4v) is 2.17. The third-order valence-corrected chi connectivity index (χ3v) is 3.55. The second-order valence-corrected chi connectivity index (χ2v) is 6.88. The van der Waals surface area contributed by atoms with Crippen LogP contribution in [-0.4, -0.2) is 13.1 Å². The van der Waals surface area contributed by atoms with E-state index in [-0.39, 0.29) is 5.41 Å². The molecule has 0 aliphatic rings. The van der Waals surface area contributed by atoms with Crippen LogP contribution in [-0.2, 0) is 6.42 Å². The lowest BCUT2D eigenvalue weighted by Gasteiger charge is -2.26. The van der Waals surface area contributed by atoms with Gasteiger partial charge < -0.3 is 5.32 Å². The smallest absolute Gasteiger partial charge is 0.129 e. The van der Waals surface area contributed by atoms with E-state index in [1.54, 1.807) is 13.0 Å². The summed E-state index contributed by atoms with van der Waals surface area (Å²) >= 11 is 0. The van der Waals surface area contributed by atoms with Gasteiger partial charge in [-0.15, -0.1) is 0 Å². The molecule has 0 unspecified atom stereocenters. The van der Waals surface area contributed by atoms with E-state index < -0.39 is 11.6 Å². The van der Waals surface area contributed by atoms with E-state index in [4.69, 9.17) is 0 Å². The zero-order valence-electron chi connectivity index (χ0n) is 13.3. The number of hydrogen-bond donors (Lipinski definition) is 1. The molecule has 20 heavy (non-hydrogen) atoms. The summed E-state index contributed by atoms with van der Waals surface area (Å²) in [6.07, 6.45) is 1.52. The highest BCUT2D eigenvalue weighted by Gasteiger charge is 2.18. The van der Waals surface area contributed by atoms with Crippen molar-refractivity contribution in [3.8, 4) is 0 Å². The van der Waals surface area contributed by atoms with E-state index in [9.17, 15) is 8.78 Å². The molecule has 0 saturated heterocycles.